The summed E-state index contributed by atoms with van der Waals surface area (Å²) in [6, 6.07) is 12.8. The monoisotopic (exact) mass is 324 g/mol. The van der Waals surface area contributed by atoms with Crippen molar-refractivity contribution in [1.82, 2.24) is 19.8 Å². The number of aryl methyl sites for hydroxylation is 1. The highest BCUT2D eigenvalue weighted by molar-refractivity contribution is 5.11. The first-order valence-corrected chi connectivity index (χ1v) is 8.68. The van der Waals surface area contributed by atoms with Gasteiger partial charge in [-0.2, -0.15) is 0 Å². The van der Waals surface area contributed by atoms with Crippen molar-refractivity contribution >= 4 is 0 Å². The van der Waals surface area contributed by atoms with E-state index < -0.39 is 0 Å². The number of rotatable bonds is 4. The second-order valence-corrected chi connectivity index (χ2v) is 6.73. The lowest BCUT2D eigenvalue weighted by Crippen LogP contribution is -2.50. The first-order chi connectivity index (χ1) is 11.8. The van der Waals surface area contributed by atoms with Crippen LogP contribution in [-0.4, -0.2) is 58.2 Å². The van der Waals surface area contributed by atoms with Gasteiger partial charge in [0.25, 0.3) is 0 Å². The van der Waals surface area contributed by atoms with Crippen molar-refractivity contribution in [2.24, 2.45) is 0 Å². The molecule has 2 aromatic heterocycles. The minimum Gasteiger partial charge on any atom is -0.374 e. The highest BCUT2D eigenvalue weighted by Crippen LogP contribution is 2.25. The molecule has 0 N–H and O–H groups in total. The van der Waals surface area contributed by atoms with Gasteiger partial charge >= 0.3 is 0 Å². The van der Waals surface area contributed by atoms with Crippen molar-refractivity contribution < 1.29 is 4.74 Å². The Hall–Kier alpha value is -1.82. The molecule has 2 fully saturated rings. The van der Waals surface area contributed by atoms with Crippen LogP contribution in [-0.2, 0) is 17.8 Å². The van der Waals surface area contributed by atoms with E-state index in [0.717, 1.165) is 56.4 Å². The number of pyridine rings is 2. The summed E-state index contributed by atoms with van der Waals surface area (Å²) in [5.74, 6) is 0. The van der Waals surface area contributed by atoms with Crippen LogP contribution < -0.4 is 0 Å². The van der Waals surface area contributed by atoms with Crippen molar-refractivity contribution in [2.45, 2.75) is 32.2 Å². The topological polar surface area (TPSA) is 41.5 Å². The van der Waals surface area contributed by atoms with Crippen molar-refractivity contribution in [1.29, 1.82) is 0 Å². The molecule has 4 heterocycles. The Morgan fingerprint density at radius 3 is 2.83 bits per heavy atom. The van der Waals surface area contributed by atoms with Gasteiger partial charge in [0.1, 0.15) is 0 Å². The van der Waals surface area contributed by atoms with Crippen molar-refractivity contribution in [3.05, 3.63) is 59.7 Å². The SMILES string of the molecule is Cc1cccc(CN2CCO[C@@H]3CN(Cc4ccccn4)C[C@@H]32)n1. The molecule has 0 radical (unpaired) electrons. The molecule has 2 saturated heterocycles. The maximum atomic E-state index is 6.04. The molecule has 0 amide bonds. The second-order valence-electron chi connectivity index (χ2n) is 6.73. The number of nitrogens with zero attached hydrogens (tertiary/aromatic N) is 4. The number of likely N-dealkylation sites (tertiary alicyclic amines) is 1. The fourth-order valence-corrected chi connectivity index (χ4v) is 3.78. The van der Waals surface area contributed by atoms with E-state index in [9.17, 15) is 0 Å². The van der Waals surface area contributed by atoms with Crippen LogP contribution in [0.1, 0.15) is 17.1 Å². The molecule has 2 aliphatic rings. The third-order valence-corrected chi connectivity index (χ3v) is 4.91. The van der Waals surface area contributed by atoms with Gasteiger partial charge in [0.05, 0.1) is 30.1 Å². The van der Waals surface area contributed by atoms with E-state index in [0.29, 0.717) is 12.1 Å². The molecule has 24 heavy (non-hydrogen) atoms. The molecule has 2 aliphatic heterocycles. The molecule has 0 spiro atoms. The van der Waals surface area contributed by atoms with Crippen LogP contribution in [0, 0.1) is 6.92 Å². The summed E-state index contributed by atoms with van der Waals surface area (Å²) in [4.78, 5) is 14.1. The van der Waals surface area contributed by atoms with Crippen LogP contribution >= 0.6 is 0 Å². The number of morpholine rings is 1. The van der Waals surface area contributed by atoms with Crippen LogP contribution in [0.4, 0.5) is 0 Å². The minimum atomic E-state index is 0.298. The maximum absolute atomic E-state index is 6.04. The van der Waals surface area contributed by atoms with Crippen molar-refractivity contribution in [2.75, 3.05) is 26.2 Å². The second kappa shape index (κ2) is 6.97. The molecule has 5 nitrogen and oxygen atoms in total. The lowest BCUT2D eigenvalue weighted by Gasteiger charge is -2.36. The summed E-state index contributed by atoms with van der Waals surface area (Å²) in [5, 5.41) is 0. The molecule has 126 valence electrons. The molecule has 0 unspecified atom stereocenters. The summed E-state index contributed by atoms with van der Waals surface area (Å²) in [5.41, 5.74) is 3.36. The van der Waals surface area contributed by atoms with Crippen LogP contribution in [0.25, 0.3) is 0 Å². The standard InChI is InChI=1S/C19H24N4O/c1-15-5-4-7-17(21-15)12-23-9-10-24-19-14-22(13-18(19)23)11-16-6-2-3-8-20-16/h2-8,18-19H,9-14H2,1H3/t18-,19+/m0/s1. The summed E-state index contributed by atoms with van der Waals surface area (Å²) in [6.45, 7) is 7.66. The maximum Gasteiger partial charge on any atom is 0.0870 e. The van der Waals surface area contributed by atoms with E-state index in [4.69, 9.17) is 4.74 Å². The predicted molar refractivity (Wildman–Crippen MR) is 92.4 cm³/mol. The van der Waals surface area contributed by atoms with Crippen LogP contribution in [0.5, 0.6) is 0 Å². The normalized spacial score (nSPS) is 24.9. The van der Waals surface area contributed by atoms with Gasteiger partial charge in [-0.25, -0.2) is 0 Å². The quantitative estimate of drug-likeness (QED) is 0.859. The van der Waals surface area contributed by atoms with E-state index >= 15 is 0 Å². The van der Waals surface area contributed by atoms with Gasteiger partial charge in [0.15, 0.2) is 0 Å². The molecular formula is C19H24N4O. The molecule has 0 bridgehead atoms. The summed E-state index contributed by atoms with van der Waals surface area (Å²) in [7, 11) is 0. The zero-order valence-electron chi connectivity index (χ0n) is 14.1. The molecular weight excluding hydrogens is 300 g/mol. The average Bonchev–Trinajstić information content (AvgIpc) is 2.99. The molecule has 2 aromatic rings. The smallest absolute Gasteiger partial charge is 0.0870 e. The van der Waals surface area contributed by atoms with Crippen LogP contribution in [0.3, 0.4) is 0 Å². The van der Waals surface area contributed by atoms with Crippen LogP contribution in [0.2, 0.25) is 0 Å². The molecule has 0 aliphatic carbocycles. The summed E-state index contributed by atoms with van der Waals surface area (Å²) < 4.78 is 6.04. The molecule has 0 saturated carbocycles. The Labute approximate surface area is 143 Å². The Kier molecular flexibility index (Phi) is 4.56. The molecule has 0 aromatic carbocycles. The Bertz CT molecular complexity index is 678. The van der Waals surface area contributed by atoms with Gasteiger partial charge in [-0.05, 0) is 31.2 Å². The number of ether oxygens (including phenoxy) is 1. The van der Waals surface area contributed by atoms with Gasteiger partial charge in [-0.3, -0.25) is 19.8 Å². The average molecular weight is 324 g/mol. The highest BCUT2D eigenvalue weighted by Gasteiger charge is 2.40. The van der Waals surface area contributed by atoms with Crippen molar-refractivity contribution in [3.63, 3.8) is 0 Å². The van der Waals surface area contributed by atoms with Gasteiger partial charge in [-0.15, -0.1) is 0 Å². The number of fused-ring (bicyclic) bond motifs is 1. The fourth-order valence-electron chi connectivity index (χ4n) is 3.78. The number of hydrogen-bond acceptors (Lipinski definition) is 5. The van der Waals surface area contributed by atoms with E-state index in [-0.39, 0.29) is 0 Å². The summed E-state index contributed by atoms with van der Waals surface area (Å²) >= 11 is 0. The van der Waals surface area contributed by atoms with Gasteiger partial charge in [0, 0.05) is 44.6 Å². The van der Waals surface area contributed by atoms with E-state index in [1.807, 2.05) is 12.3 Å². The van der Waals surface area contributed by atoms with E-state index in [2.05, 4.69) is 57.0 Å². The van der Waals surface area contributed by atoms with Crippen LogP contribution in [0.15, 0.2) is 42.6 Å². The number of aromatic nitrogens is 2. The lowest BCUT2D eigenvalue weighted by atomic mass is 10.1. The molecule has 5 heteroatoms. The van der Waals surface area contributed by atoms with E-state index in [1.165, 1.54) is 0 Å². The van der Waals surface area contributed by atoms with Gasteiger partial charge in [0.2, 0.25) is 0 Å². The van der Waals surface area contributed by atoms with Gasteiger partial charge in [-0.1, -0.05) is 12.1 Å². The highest BCUT2D eigenvalue weighted by atomic mass is 16.5. The Morgan fingerprint density at radius 1 is 1.08 bits per heavy atom. The zero-order chi connectivity index (χ0) is 16.4. The first kappa shape index (κ1) is 15.7. The Morgan fingerprint density at radius 2 is 2.00 bits per heavy atom. The third-order valence-electron chi connectivity index (χ3n) is 4.91. The van der Waals surface area contributed by atoms with E-state index in [1.54, 1.807) is 0 Å². The lowest BCUT2D eigenvalue weighted by molar-refractivity contribution is -0.0508. The molecule has 4 rings (SSSR count). The zero-order valence-corrected chi connectivity index (χ0v) is 14.1. The minimum absolute atomic E-state index is 0.298. The van der Waals surface area contributed by atoms with Crippen molar-refractivity contribution in [3.8, 4) is 0 Å². The number of hydrogen-bond donors (Lipinski definition) is 0. The molecule has 2 atom stereocenters. The largest absolute Gasteiger partial charge is 0.374 e. The third kappa shape index (κ3) is 3.48. The predicted octanol–water partition coefficient (Wildman–Crippen LogP) is 1.87. The summed E-state index contributed by atoms with van der Waals surface area (Å²) in [6.07, 6.45) is 2.16. The fraction of sp³-hybridized carbons (Fsp3) is 0.474. The van der Waals surface area contributed by atoms with Gasteiger partial charge < -0.3 is 4.74 Å². The first-order valence-electron chi connectivity index (χ1n) is 8.68. The Balaban J connectivity index is 1.43.